The van der Waals surface area contributed by atoms with Gasteiger partial charge in [0.1, 0.15) is 5.75 Å². The summed E-state index contributed by atoms with van der Waals surface area (Å²) in [5.41, 5.74) is 2.32. The summed E-state index contributed by atoms with van der Waals surface area (Å²) >= 11 is 0. The van der Waals surface area contributed by atoms with Crippen molar-refractivity contribution in [1.82, 2.24) is 0 Å². The minimum absolute atomic E-state index is 0.331. The second-order valence-electron chi connectivity index (χ2n) is 3.57. The van der Waals surface area contributed by atoms with E-state index in [1.165, 1.54) is 5.56 Å². The van der Waals surface area contributed by atoms with Crippen LogP contribution in [0.3, 0.4) is 0 Å². The molecule has 3 heteroatoms. The Morgan fingerprint density at radius 1 is 1.29 bits per heavy atom. The number of phenolic OH excluding ortho intramolecular Hbond substituents is 1. The van der Waals surface area contributed by atoms with Crippen LogP contribution in [-0.2, 0) is 4.74 Å². The zero-order chi connectivity index (χ0) is 9.97. The Labute approximate surface area is 83.9 Å². The number of aromatic hydroxyl groups is 1. The maximum atomic E-state index is 9.41. The highest BCUT2D eigenvalue weighted by Crippen LogP contribution is 2.25. The monoisotopic (exact) mass is 193 g/mol. The van der Waals surface area contributed by atoms with Crippen molar-refractivity contribution in [3.8, 4) is 5.75 Å². The summed E-state index contributed by atoms with van der Waals surface area (Å²) in [5, 5.41) is 9.41. The van der Waals surface area contributed by atoms with Crippen LogP contribution in [0.2, 0.25) is 0 Å². The van der Waals surface area contributed by atoms with Crippen LogP contribution in [0.5, 0.6) is 5.75 Å². The molecule has 1 aliphatic heterocycles. The van der Waals surface area contributed by atoms with Gasteiger partial charge in [0.2, 0.25) is 0 Å². The first-order chi connectivity index (χ1) is 6.77. The largest absolute Gasteiger partial charge is 0.508 e. The summed E-state index contributed by atoms with van der Waals surface area (Å²) in [6, 6.07) is 5.49. The lowest BCUT2D eigenvalue weighted by Gasteiger charge is -2.30. The van der Waals surface area contributed by atoms with Gasteiger partial charge in [0.25, 0.3) is 0 Å². The van der Waals surface area contributed by atoms with E-state index < -0.39 is 0 Å². The molecule has 2 rings (SSSR count). The highest BCUT2D eigenvalue weighted by atomic mass is 16.5. The van der Waals surface area contributed by atoms with Gasteiger partial charge in [-0.25, -0.2) is 0 Å². The van der Waals surface area contributed by atoms with Crippen molar-refractivity contribution in [1.29, 1.82) is 0 Å². The summed E-state index contributed by atoms with van der Waals surface area (Å²) < 4.78 is 5.29. The molecular formula is C11H15NO2. The number of aryl methyl sites for hydroxylation is 1. The molecular weight excluding hydrogens is 178 g/mol. The Morgan fingerprint density at radius 3 is 2.71 bits per heavy atom. The van der Waals surface area contributed by atoms with Crippen LogP contribution in [0, 0.1) is 6.92 Å². The SMILES string of the molecule is Cc1ccc(O)cc1N1CCOCC1. The average molecular weight is 193 g/mol. The van der Waals surface area contributed by atoms with Gasteiger partial charge in [-0.2, -0.15) is 0 Å². The van der Waals surface area contributed by atoms with Crippen LogP contribution >= 0.6 is 0 Å². The van der Waals surface area contributed by atoms with E-state index in [-0.39, 0.29) is 0 Å². The number of nitrogens with zero attached hydrogens (tertiary/aromatic N) is 1. The molecule has 0 aliphatic carbocycles. The van der Waals surface area contributed by atoms with E-state index in [9.17, 15) is 5.11 Å². The van der Waals surface area contributed by atoms with Crippen LogP contribution in [-0.4, -0.2) is 31.4 Å². The number of rotatable bonds is 1. The van der Waals surface area contributed by atoms with Crippen molar-refractivity contribution < 1.29 is 9.84 Å². The Morgan fingerprint density at radius 2 is 2.00 bits per heavy atom. The summed E-state index contributed by atoms with van der Waals surface area (Å²) in [5.74, 6) is 0.331. The molecule has 1 heterocycles. The normalized spacial score (nSPS) is 17.1. The van der Waals surface area contributed by atoms with Gasteiger partial charge in [-0.1, -0.05) is 6.07 Å². The summed E-state index contributed by atoms with van der Waals surface area (Å²) in [4.78, 5) is 2.25. The molecule has 1 aromatic carbocycles. The number of phenols is 1. The van der Waals surface area contributed by atoms with Gasteiger partial charge in [0.05, 0.1) is 13.2 Å². The fourth-order valence-corrected chi connectivity index (χ4v) is 1.74. The topological polar surface area (TPSA) is 32.7 Å². The molecule has 0 bridgehead atoms. The van der Waals surface area contributed by atoms with Gasteiger partial charge in [0, 0.05) is 24.8 Å². The second-order valence-corrected chi connectivity index (χ2v) is 3.57. The predicted molar refractivity (Wildman–Crippen MR) is 55.9 cm³/mol. The summed E-state index contributed by atoms with van der Waals surface area (Å²) in [7, 11) is 0. The van der Waals surface area contributed by atoms with Crippen LogP contribution in [0.25, 0.3) is 0 Å². The third-order valence-electron chi connectivity index (χ3n) is 2.54. The fraction of sp³-hybridized carbons (Fsp3) is 0.455. The van der Waals surface area contributed by atoms with Gasteiger partial charge in [0.15, 0.2) is 0 Å². The van der Waals surface area contributed by atoms with Gasteiger partial charge in [-0.05, 0) is 18.6 Å². The van der Waals surface area contributed by atoms with Gasteiger partial charge in [-0.15, -0.1) is 0 Å². The number of ether oxygens (including phenoxy) is 1. The van der Waals surface area contributed by atoms with Crippen molar-refractivity contribution >= 4 is 5.69 Å². The fourth-order valence-electron chi connectivity index (χ4n) is 1.74. The van der Waals surface area contributed by atoms with Crippen LogP contribution in [0.4, 0.5) is 5.69 Å². The highest BCUT2D eigenvalue weighted by Gasteiger charge is 2.13. The first-order valence-electron chi connectivity index (χ1n) is 4.90. The minimum Gasteiger partial charge on any atom is -0.508 e. The standard InChI is InChI=1S/C11H15NO2/c1-9-2-3-10(13)8-11(9)12-4-6-14-7-5-12/h2-3,8,13H,4-7H2,1H3. The van der Waals surface area contributed by atoms with Gasteiger partial charge in [-0.3, -0.25) is 0 Å². The van der Waals surface area contributed by atoms with Crippen LogP contribution in [0.15, 0.2) is 18.2 Å². The second kappa shape index (κ2) is 3.88. The molecule has 3 nitrogen and oxygen atoms in total. The minimum atomic E-state index is 0.331. The van der Waals surface area contributed by atoms with E-state index in [1.54, 1.807) is 6.07 Å². The van der Waals surface area contributed by atoms with E-state index in [4.69, 9.17) is 4.74 Å². The Bertz CT molecular complexity index is 319. The van der Waals surface area contributed by atoms with Crippen molar-refractivity contribution in [2.75, 3.05) is 31.2 Å². The van der Waals surface area contributed by atoms with Crippen molar-refractivity contribution in [3.05, 3.63) is 23.8 Å². The molecule has 76 valence electrons. The number of benzene rings is 1. The summed E-state index contributed by atoms with van der Waals surface area (Å²) in [6.45, 7) is 5.42. The number of anilines is 1. The molecule has 1 aliphatic rings. The lowest BCUT2D eigenvalue weighted by atomic mass is 10.1. The predicted octanol–water partition coefficient (Wildman–Crippen LogP) is 1.54. The number of hydrogen-bond acceptors (Lipinski definition) is 3. The molecule has 1 saturated heterocycles. The molecule has 0 radical (unpaired) electrons. The third-order valence-corrected chi connectivity index (χ3v) is 2.54. The molecule has 0 amide bonds. The van der Waals surface area contributed by atoms with Crippen molar-refractivity contribution in [3.63, 3.8) is 0 Å². The molecule has 14 heavy (non-hydrogen) atoms. The smallest absolute Gasteiger partial charge is 0.117 e. The van der Waals surface area contributed by atoms with Crippen molar-refractivity contribution in [2.45, 2.75) is 6.92 Å². The molecule has 0 saturated carbocycles. The Kier molecular flexibility index (Phi) is 2.59. The zero-order valence-corrected chi connectivity index (χ0v) is 8.36. The summed E-state index contributed by atoms with van der Waals surface area (Å²) in [6.07, 6.45) is 0. The number of hydrogen-bond donors (Lipinski definition) is 1. The third kappa shape index (κ3) is 1.82. The molecule has 1 aromatic rings. The van der Waals surface area contributed by atoms with E-state index >= 15 is 0 Å². The maximum Gasteiger partial charge on any atom is 0.117 e. The average Bonchev–Trinajstić information content (AvgIpc) is 2.23. The van der Waals surface area contributed by atoms with Crippen LogP contribution in [0.1, 0.15) is 5.56 Å². The molecule has 0 spiro atoms. The molecule has 1 N–H and O–H groups in total. The maximum absolute atomic E-state index is 9.41. The first-order valence-corrected chi connectivity index (χ1v) is 4.90. The quantitative estimate of drug-likeness (QED) is 0.734. The lowest BCUT2D eigenvalue weighted by molar-refractivity contribution is 0.122. The lowest BCUT2D eigenvalue weighted by Crippen LogP contribution is -2.36. The number of morpholine rings is 1. The Hall–Kier alpha value is -1.22. The molecule has 0 unspecified atom stereocenters. The zero-order valence-electron chi connectivity index (χ0n) is 8.36. The highest BCUT2D eigenvalue weighted by molar-refractivity contribution is 5.56. The van der Waals surface area contributed by atoms with E-state index in [0.717, 1.165) is 32.0 Å². The van der Waals surface area contributed by atoms with E-state index in [0.29, 0.717) is 5.75 Å². The van der Waals surface area contributed by atoms with E-state index in [2.05, 4.69) is 11.8 Å². The van der Waals surface area contributed by atoms with Crippen LogP contribution < -0.4 is 4.90 Å². The van der Waals surface area contributed by atoms with E-state index in [1.807, 2.05) is 12.1 Å². The molecule has 1 fully saturated rings. The first kappa shape index (κ1) is 9.34. The Balaban J connectivity index is 2.24. The van der Waals surface area contributed by atoms with Gasteiger partial charge >= 0.3 is 0 Å². The van der Waals surface area contributed by atoms with Gasteiger partial charge < -0.3 is 14.7 Å². The molecule has 0 atom stereocenters. The van der Waals surface area contributed by atoms with Crippen molar-refractivity contribution in [2.24, 2.45) is 0 Å². The molecule has 0 aromatic heterocycles.